The van der Waals surface area contributed by atoms with Crippen molar-refractivity contribution in [3.8, 4) is 0 Å². The number of fused-ring (bicyclic) bond motifs is 1. The van der Waals surface area contributed by atoms with Crippen molar-refractivity contribution in [3.05, 3.63) is 53.6 Å². The quantitative estimate of drug-likeness (QED) is 0.728. The number of amides is 3. The summed E-state index contributed by atoms with van der Waals surface area (Å²) in [5.74, 6) is 0.239. The number of sulfonamides is 1. The number of benzene rings is 2. The molecule has 31 heavy (non-hydrogen) atoms. The SMILES string of the molecule is Cc1ccc(N2C(=O)N(CC(=O)N3CCCC(C)C3)c3ccccc3S2(=O)=O)cc1C. The van der Waals surface area contributed by atoms with Crippen molar-refractivity contribution in [2.24, 2.45) is 5.92 Å². The molecule has 0 spiro atoms. The Morgan fingerprint density at radius 3 is 2.55 bits per heavy atom. The standard InChI is InChI=1S/C23H27N3O4S/c1-16-7-6-12-24(14-16)22(27)15-25-20-8-4-5-9-21(20)31(29,30)26(23(25)28)19-11-10-17(2)18(3)13-19/h4-5,8-11,13,16H,6-7,12,14-15H2,1-3H3. The molecule has 0 aromatic heterocycles. The van der Waals surface area contributed by atoms with E-state index < -0.39 is 16.1 Å². The maximum Gasteiger partial charge on any atom is 0.343 e. The first-order chi connectivity index (χ1) is 14.7. The number of piperidine rings is 1. The van der Waals surface area contributed by atoms with Crippen LogP contribution in [-0.4, -0.2) is 44.9 Å². The van der Waals surface area contributed by atoms with Crippen molar-refractivity contribution in [1.82, 2.24) is 4.90 Å². The lowest BCUT2D eigenvalue weighted by atomic mass is 10.0. The minimum atomic E-state index is -4.10. The molecule has 8 heteroatoms. The third-order valence-corrected chi connectivity index (χ3v) is 7.86. The van der Waals surface area contributed by atoms with Crippen LogP contribution in [0.2, 0.25) is 0 Å². The van der Waals surface area contributed by atoms with Gasteiger partial charge in [-0.3, -0.25) is 9.69 Å². The monoisotopic (exact) mass is 441 g/mol. The van der Waals surface area contributed by atoms with Gasteiger partial charge < -0.3 is 4.90 Å². The first-order valence-electron chi connectivity index (χ1n) is 10.5. The molecule has 1 atom stereocenters. The van der Waals surface area contributed by atoms with Gasteiger partial charge >= 0.3 is 6.03 Å². The Bertz CT molecular complexity index is 1150. The van der Waals surface area contributed by atoms with Crippen molar-refractivity contribution < 1.29 is 18.0 Å². The number of urea groups is 1. The number of likely N-dealkylation sites (tertiary alicyclic amines) is 1. The van der Waals surface area contributed by atoms with Gasteiger partial charge in [0.1, 0.15) is 11.4 Å². The van der Waals surface area contributed by atoms with Crippen molar-refractivity contribution in [2.45, 2.75) is 38.5 Å². The highest BCUT2D eigenvalue weighted by Crippen LogP contribution is 2.37. The van der Waals surface area contributed by atoms with E-state index in [4.69, 9.17) is 0 Å². The molecule has 2 aromatic rings. The fourth-order valence-corrected chi connectivity index (χ4v) is 5.80. The summed E-state index contributed by atoms with van der Waals surface area (Å²) in [6.07, 6.45) is 2.01. The van der Waals surface area contributed by atoms with E-state index in [1.807, 2.05) is 13.8 Å². The van der Waals surface area contributed by atoms with Gasteiger partial charge in [0.15, 0.2) is 0 Å². The molecule has 7 nitrogen and oxygen atoms in total. The van der Waals surface area contributed by atoms with E-state index in [-0.39, 0.29) is 28.7 Å². The van der Waals surface area contributed by atoms with E-state index >= 15 is 0 Å². The molecule has 2 aliphatic rings. The van der Waals surface area contributed by atoms with Crippen molar-refractivity contribution >= 4 is 33.3 Å². The highest BCUT2D eigenvalue weighted by molar-refractivity contribution is 7.94. The van der Waals surface area contributed by atoms with Gasteiger partial charge in [0.05, 0.1) is 11.4 Å². The summed E-state index contributed by atoms with van der Waals surface area (Å²) >= 11 is 0. The minimum absolute atomic E-state index is 0.0210. The van der Waals surface area contributed by atoms with Gasteiger partial charge in [-0.15, -0.1) is 0 Å². The number of aryl methyl sites for hydroxylation is 2. The zero-order valence-electron chi connectivity index (χ0n) is 18.0. The van der Waals surface area contributed by atoms with Gasteiger partial charge in [-0.25, -0.2) is 13.2 Å². The molecule has 2 aliphatic heterocycles. The second-order valence-corrected chi connectivity index (χ2v) is 10.2. The van der Waals surface area contributed by atoms with E-state index in [9.17, 15) is 18.0 Å². The lowest BCUT2D eigenvalue weighted by Crippen LogP contribution is -2.54. The van der Waals surface area contributed by atoms with Crippen molar-refractivity contribution in [1.29, 1.82) is 0 Å². The minimum Gasteiger partial charge on any atom is -0.341 e. The predicted molar refractivity (Wildman–Crippen MR) is 120 cm³/mol. The molecule has 1 saturated heterocycles. The van der Waals surface area contributed by atoms with Gasteiger partial charge in [-0.05, 0) is 68.0 Å². The molecule has 1 fully saturated rings. The number of hydrogen-bond donors (Lipinski definition) is 0. The average molecular weight is 442 g/mol. The number of carbonyl (C=O) groups is 2. The summed E-state index contributed by atoms with van der Waals surface area (Å²) < 4.78 is 27.6. The van der Waals surface area contributed by atoms with Gasteiger partial charge in [0, 0.05) is 13.1 Å². The van der Waals surface area contributed by atoms with Gasteiger partial charge in [0.25, 0.3) is 10.0 Å². The summed E-state index contributed by atoms with van der Waals surface area (Å²) in [6, 6.07) is 10.7. The van der Waals surface area contributed by atoms with Crippen molar-refractivity contribution in [2.75, 3.05) is 28.8 Å². The zero-order chi connectivity index (χ0) is 22.3. The largest absolute Gasteiger partial charge is 0.343 e. The molecule has 4 rings (SSSR count). The van der Waals surface area contributed by atoms with Gasteiger partial charge in [-0.1, -0.05) is 25.1 Å². The molecular formula is C23H27N3O4S. The Hall–Kier alpha value is -2.87. The van der Waals surface area contributed by atoms with Crippen molar-refractivity contribution in [3.63, 3.8) is 0 Å². The number of hydrogen-bond acceptors (Lipinski definition) is 4. The molecule has 2 aromatic carbocycles. The Morgan fingerprint density at radius 2 is 1.84 bits per heavy atom. The van der Waals surface area contributed by atoms with E-state index in [1.165, 1.54) is 11.0 Å². The summed E-state index contributed by atoms with van der Waals surface area (Å²) in [5.41, 5.74) is 2.39. The predicted octanol–water partition coefficient (Wildman–Crippen LogP) is 3.70. The third kappa shape index (κ3) is 3.80. The van der Waals surface area contributed by atoms with E-state index in [2.05, 4.69) is 6.92 Å². The average Bonchev–Trinajstić information content (AvgIpc) is 2.73. The highest BCUT2D eigenvalue weighted by atomic mass is 32.2. The van der Waals surface area contributed by atoms with E-state index in [0.717, 1.165) is 28.3 Å². The Balaban J connectivity index is 1.75. The molecule has 3 amide bonds. The van der Waals surface area contributed by atoms with Crippen LogP contribution in [0.1, 0.15) is 30.9 Å². The Kier molecular flexibility index (Phi) is 5.51. The summed E-state index contributed by atoms with van der Waals surface area (Å²) in [5, 5.41) is 0. The second kappa shape index (κ2) is 8.00. The number of para-hydroxylation sites is 1. The van der Waals surface area contributed by atoms with Crippen LogP contribution in [0.15, 0.2) is 47.4 Å². The van der Waals surface area contributed by atoms with Gasteiger partial charge in [0.2, 0.25) is 5.91 Å². The molecule has 0 saturated carbocycles. The molecule has 0 aliphatic carbocycles. The first kappa shape index (κ1) is 21.4. The fraction of sp³-hybridized carbons (Fsp3) is 0.391. The van der Waals surface area contributed by atoms with Crippen LogP contribution in [0.25, 0.3) is 0 Å². The summed E-state index contributed by atoms with van der Waals surface area (Å²) in [4.78, 5) is 29.6. The Labute approximate surface area is 183 Å². The molecular weight excluding hydrogens is 414 g/mol. The van der Waals surface area contributed by atoms with Crippen LogP contribution < -0.4 is 9.21 Å². The molecule has 1 unspecified atom stereocenters. The lowest BCUT2D eigenvalue weighted by molar-refractivity contribution is -0.131. The maximum atomic E-state index is 13.5. The van der Waals surface area contributed by atoms with Crippen LogP contribution in [0, 0.1) is 19.8 Å². The number of rotatable bonds is 3. The fourth-order valence-electron chi connectivity index (χ4n) is 4.22. The lowest BCUT2D eigenvalue weighted by Gasteiger charge is -2.38. The Morgan fingerprint density at radius 1 is 1.10 bits per heavy atom. The number of carbonyl (C=O) groups excluding carboxylic acids is 2. The third-order valence-electron chi connectivity index (χ3n) is 6.11. The summed E-state index contributed by atoms with van der Waals surface area (Å²) in [7, 11) is -4.10. The topological polar surface area (TPSA) is 78.0 Å². The molecule has 164 valence electrons. The van der Waals surface area contributed by atoms with Crippen LogP contribution in [-0.2, 0) is 14.8 Å². The molecule has 0 bridgehead atoms. The first-order valence-corrected chi connectivity index (χ1v) is 11.9. The van der Waals surface area contributed by atoms with Crippen LogP contribution in [0.4, 0.5) is 16.2 Å². The summed E-state index contributed by atoms with van der Waals surface area (Å²) in [6.45, 7) is 7.01. The van der Waals surface area contributed by atoms with Crippen LogP contribution >= 0.6 is 0 Å². The maximum absolute atomic E-state index is 13.5. The van der Waals surface area contributed by atoms with E-state index in [0.29, 0.717) is 19.0 Å². The van der Waals surface area contributed by atoms with Crippen LogP contribution in [0.3, 0.4) is 0 Å². The van der Waals surface area contributed by atoms with Crippen LogP contribution in [0.5, 0.6) is 0 Å². The molecule has 0 N–H and O–H groups in total. The highest BCUT2D eigenvalue weighted by Gasteiger charge is 2.43. The smallest absolute Gasteiger partial charge is 0.341 e. The number of nitrogens with zero attached hydrogens (tertiary/aromatic N) is 3. The van der Waals surface area contributed by atoms with Gasteiger partial charge in [-0.2, -0.15) is 4.31 Å². The zero-order valence-corrected chi connectivity index (χ0v) is 18.9. The number of anilines is 2. The van der Waals surface area contributed by atoms with E-state index in [1.54, 1.807) is 41.3 Å². The normalized spacial score (nSPS) is 20.5. The molecule has 2 heterocycles. The molecule has 0 radical (unpaired) electrons. The second-order valence-electron chi connectivity index (χ2n) is 8.46.